The summed E-state index contributed by atoms with van der Waals surface area (Å²) < 4.78 is 0. The third-order valence-electron chi connectivity index (χ3n) is 3.11. The Hall–Kier alpha value is -1.02. The van der Waals surface area contributed by atoms with Crippen molar-refractivity contribution in [2.24, 2.45) is 0 Å². The molecule has 0 saturated carbocycles. The number of nitrogens with zero attached hydrogens (tertiary/aromatic N) is 1. The summed E-state index contributed by atoms with van der Waals surface area (Å²) in [7, 11) is 0. The van der Waals surface area contributed by atoms with Gasteiger partial charge >= 0.3 is 0 Å². The summed E-state index contributed by atoms with van der Waals surface area (Å²) in [5.41, 5.74) is 1.19. The molecule has 0 aliphatic heterocycles. The largest absolute Gasteiger partial charge is 0.508 e. The summed E-state index contributed by atoms with van der Waals surface area (Å²) in [6.45, 7) is 8.79. The minimum atomic E-state index is 0.357. The van der Waals surface area contributed by atoms with E-state index in [1.54, 1.807) is 6.07 Å². The molecular weight excluding hydrogens is 198 g/mol. The monoisotopic (exact) mass is 221 g/mol. The average molecular weight is 221 g/mol. The van der Waals surface area contributed by atoms with Crippen molar-refractivity contribution in [3.63, 3.8) is 0 Å². The van der Waals surface area contributed by atoms with E-state index in [0.717, 1.165) is 13.1 Å². The predicted molar refractivity (Wildman–Crippen MR) is 68.7 cm³/mol. The first-order valence-corrected chi connectivity index (χ1v) is 6.22. The Morgan fingerprint density at radius 2 is 2.06 bits per heavy atom. The van der Waals surface area contributed by atoms with Crippen LogP contribution >= 0.6 is 0 Å². The minimum Gasteiger partial charge on any atom is -0.508 e. The number of rotatable bonds is 6. The molecule has 0 aliphatic carbocycles. The second kappa shape index (κ2) is 6.54. The highest BCUT2D eigenvalue weighted by molar-refractivity contribution is 5.29. The molecule has 1 aromatic rings. The summed E-state index contributed by atoms with van der Waals surface area (Å²) in [5.74, 6) is 0.357. The summed E-state index contributed by atoms with van der Waals surface area (Å²) in [6.07, 6.45) is 2.46. The number of aromatic hydroxyl groups is 1. The number of hydrogen-bond donors (Lipinski definition) is 1. The molecule has 1 N–H and O–H groups in total. The third kappa shape index (κ3) is 3.53. The second-order valence-corrected chi connectivity index (χ2v) is 4.25. The van der Waals surface area contributed by atoms with Gasteiger partial charge in [-0.25, -0.2) is 0 Å². The van der Waals surface area contributed by atoms with Crippen molar-refractivity contribution in [1.82, 2.24) is 4.90 Å². The molecule has 1 rings (SSSR count). The fraction of sp³-hybridized carbons (Fsp3) is 0.571. The van der Waals surface area contributed by atoms with Gasteiger partial charge in [-0.1, -0.05) is 32.4 Å². The van der Waals surface area contributed by atoms with Gasteiger partial charge in [0, 0.05) is 6.04 Å². The van der Waals surface area contributed by atoms with Gasteiger partial charge in [0.25, 0.3) is 0 Å². The summed E-state index contributed by atoms with van der Waals surface area (Å²) in [4.78, 5) is 2.44. The molecule has 90 valence electrons. The van der Waals surface area contributed by atoms with E-state index in [1.807, 2.05) is 12.1 Å². The quantitative estimate of drug-likeness (QED) is 0.793. The van der Waals surface area contributed by atoms with E-state index in [9.17, 15) is 5.11 Å². The molecule has 0 saturated heterocycles. The molecule has 0 heterocycles. The van der Waals surface area contributed by atoms with Crippen molar-refractivity contribution in [2.45, 2.75) is 39.7 Å². The maximum atomic E-state index is 9.47. The Labute approximate surface area is 98.9 Å². The second-order valence-electron chi connectivity index (χ2n) is 4.25. The van der Waals surface area contributed by atoms with E-state index in [1.165, 1.54) is 18.4 Å². The van der Waals surface area contributed by atoms with Gasteiger partial charge in [-0.05, 0) is 44.1 Å². The normalized spacial score (nSPS) is 13.0. The minimum absolute atomic E-state index is 0.357. The molecule has 1 atom stereocenters. The third-order valence-corrected chi connectivity index (χ3v) is 3.11. The van der Waals surface area contributed by atoms with Gasteiger partial charge < -0.3 is 5.11 Å². The average Bonchev–Trinajstić information content (AvgIpc) is 2.29. The molecule has 0 fully saturated rings. The Morgan fingerprint density at radius 3 is 2.62 bits per heavy atom. The topological polar surface area (TPSA) is 23.5 Å². The first-order chi connectivity index (χ1) is 7.69. The zero-order valence-corrected chi connectivity index (χ0v) is 10.6. The highest BCUT2D eigenvalue weighted by Gasteiger charge is 2.13. The fourth-order valence-electron chi connectivity index (χ4n) is 1.98. The number of phenolic OH excluding ortho intramolecular Hbond substituents is 1. The Kier molecular flexibility index (Phi) is 5.33. The van der Waals surface area contributed by atoms with E-state index in [4.69, 9.17) is 0 Å². The van der Waals surface area contributed by atoms with E-state index in [0.29, 0.717) is 11.8 Å². The summed E-state index contributed by atoms with van der Waals surface area (Å²) >= 11 is 0. The molecule has 2 heteroatoms. The smallest absolute Gasteiger partial charge is 0.115 e. The van der Waals surface area contributed by atoms with Crippen molar-refractivity contribution < 1.29 is 5.11 Å². The van der Waals surface area contributed by atoms with Crippen LogP contribution in [-0.4, -0.2) is 23.1 Å². The molecule has 1 aromatic carbocycles. The van der Waals surface area contributed by atoms with Crippen molar-refractivity contribution in [1.29, 1.82) is 0 Å². The van der Waals surface area contributed by atoms with Crippen molar-refractivity contribution in [2.75, 3.05) is 13.1 Å². The molecule has 16 heavy (non-hydrogen) atoms. The maximum Gasteiger partial charge on any atom is 0.115 e. The van der Waals surface area contributed by atoms with E-state index in [-0.39, 0.29) is 0 Å². The molecule has 0 spiro atoms. The van der Waals surface area contributed by atoms with Crippen LogP contribution in [0.25, 0.3) is 0 Å². The number of phenols is 1. The first-order valence-electron chi connectivity index (χ1n) is 6.22. The molecule has 2 nitrogen and oxygen atoms in total. The van der Waals surface area contributed by atoms with Crippen LogP contribution in [0.2, 0.25) is 0 Å². The lowest BCUT2D eigenvalue weighted by Gasteiger charge is -2.28. The fourth-order valence-corrected chi connectivity index (χ4v) is 1.98. The van der Waals surface area contributed by atoms with E-state index >= 15 is 0 Å². The SMILES string of the molecule is CCCCN(CC)C(C)c1cccc(O)c1. The van der Waals surface area contributed by atoms with Crippen LogP contribution in [0.3, 0.4) is 0 Å². The number of hydrogen-bond acceptors (Lipinski definition) is 2. The lowest BCUT2D eigenvalue weighted by atomic mass is 10.1. The van der Waals surface area contributed by atoms with Crippen LogP contribution in [-0.2, 0) is 0 Å². The van der Waals surface area contributed by atoms with Crippen molar-refractivity contribution in [3.8, 4) is 5.75 Å². The van der Waals surface area contributed by atoms with Gasteiger partial charge in [-0.15, -0.1) is 0 Å². The van der Waals surface area contributed by atoms with Gasteiger partial charge in [0.1, 0.15) is 5.75 Å². The predicted octanol–water partition coefficient (Wildman–Crippen LogP) is 3.58. The zero-order valence-electron chi connectivity index (χ0n) is 10.6. The van der Waals surface area contributed by atoms with Crippen molar-refractivity contribution >= 4 is 0 Å². The standard InChI is InChI=1S/C14H23NO/c1-4-6-10-15(5-2)12(3)13-8-7-9-14(16)11-13/h7-9,11-12,16H,4-6,10H2,1-3H3. The Balaban J connectivity index is 2.70. The number of benzene rings is 1. The van der Waals surface area contributed by atoms with Crippen LogP contribution < -0.4 is 0 Å². The first kappa shape index (κ1) is 13.0. The summed E-state index contributed by atoms with van der Waals surface area (Å²) in [6, 6.07) is 7.95. The lowest BCUT2D eigenvalue weighted by molar-refractivity contribution is 0.218. The maximum absolute atomic E-state index is 9.47. The van der Waals surface area contributed by atoms with E-state index in [2.05, 4.69) is 31.7 Å². The molecule has 0 bridgehead atoms. The van der Waals surface area contributed by atoms with Gasteiger partial charge in [-0.3, -0.25) is 4.90 Å². The van der Waals surface area contributed by atoms with Crippen molar-refractivity contribution in [3.05, 3.63) is 29.8 Å². The zero-order chi connectivity index (χ0) is 12.0. The van der Waals surface area contributed by atoms with Crippen LogP contribution in [0.5, 0.6) is 5.75 Å². The molecule has 0 amide bonds. The molecule has 0 radical (unpaired) electrons. The molecular formula is C14H23NO. The lowest BCUT2D eigenvalue weighted by Crippen LogP contribution is -2.27. The van der Waals surface area contributed by atoms with Crippen LogP contribution in [0.15, 0.2) is 24.3 Å². The van der Waals surface area contributed by atoms with Crippen LogP contribution in [0.1, 0.15) is 45.2 Å². The van der Waals surface area contributed by atoms with Gasteiger partial charge in [0.15, 0.2) is 0 Å². The van der Waals surface area contributed by atoms with Crippen LogP contribution in [0, 0.1) is 0 Å². The highest BCUT2D eigenvalue weighted by Crippen LogP contribution is 2.23. The molecule has 0 aliphatic rings. The van der Waals surface area contributed by atoms with Gasteiger partial charge in [0.2, 0.25) is 0 Å². The summed E-state index contributed by atoms with van der Waals surface area (Å²) in [5, 5.41) is 9.47. The molecule has 0 aromatic heterocycles. The Morgan fingerprint density at radius 1 is 1.31 bits per heavy atom. The van der Waals surface area contributed by atoms with Gasteiger partial charge in [0.05, 0.1) is 0 Å². The van der Waals surface area contributed by atoms with Crippen LogP contribution in [0.4, 0.5) is 0 Å². The highest BCUT2D eigenvalue weighted by atomic mass is 16.3. The number of unbranched alkanes of at least 4 members (excludes halogenated alkanes) is 1. The van der Waals surface area contributed by atoms with E-state index < -0.39 is 0 Å². The molecule has 1 unspecified atom stereocenters. The Bertz CT molecular complexity index is 311. The van der Waals surface area contributed by atoms with Gasteiger partial charge in [-0.2, -0.15) is 0 Å².